The molecule has 2 atom stereocenters. The number of carbonyl (C=O) groups excluding carboxylic acids is 1. The third-order valence-corrected chi connectivity index (χ3v) is 5.85. The maximum atomic E-state index is 12.4. The van der Waals surface area contributed by atoms with Gasteiger partial charge in [0, 0.05) is 30.4 Å². The number of sulfone groups is 1. The predicted octanol–water partition coefficient (Wildman–Crippen LogP) is 1.45. The van der Waals surface area contributed by atoms with E-state index in [-0.39, 0.29) is 16.8 Å². The molecule has 1 N–H and O–H groups in total. The topological polar surface area (TPSA) is 66.5 Å². The molecule has 0 aliphatic carbocycles. The molecule has 22 heavy (non-hydrogen) atoms. The zero-order valence-corrected chi connectivity index (χ0v) is 13.6. The zero-order valence-electron chi connectivity index (χ0n) is 12.8. The highest BCUT2D eigenvalue weighted by Crippen LogP contribution is 2.27. The number of piperidine rings is 1. The minimum atomic E-state index is -3.22. The monoisotopic (exact) mass is 322 g/mol. The molecule has 2 aliphatic rings. The number of amides is 1. The van der Waals surface area contributed by atoms with Crippen LogP contribution in [0.4, 0.5) is 0 Å². The average molecular weight is 322 g/mol. The highest BCUT2D eigenvalue weighted by atomic mass is 32.2. The molecule has 6 heteroatoms. The van der Waals surface area contributed by atoms with E-state index in [4.69, 9.17) is 0 Å². The summed E-state index contributed by atoms with van der Waals surface area (Å²) in [6, 6.07) is 6.83. The number of fused-ring (bicyclic) bond motifs is 1. The normalized spacial score (nSPS) is 25.7. The fourth-order valence-electron chi connectivity index (χ4n) is 3.52. The van der Waals surface area contributed by atoms with Gasteiger partial charge in [0.05, 0.1) is 4.90 Å². The van der Waals surface area contributed by atoms with Crippen molar-refractivity contribution in [1.29, 1.82) is 0 Å². The van der Waals surface area contributed by atoms with Gasteiger partial charge in [-0.2, -0.15) is 0 Å². The van der Waals surface area contributed by atoms with E-state index < -0.39 is 9.84 Å². The maximum Gasteiger partial charge on any atom is 0.251 e. The van der Waals surface area contributed by atoms with Crippen LogP contribution in [0.25, 0.3) is 0 Å². The molecular weight excluding hydrogens is 300 g/mol. The van der Waals surface area contributed by atoms with Gasteiger partial charge in [0.25, 0.3) is 5.91 Å². The molecule has 1 aromatic rings. The molecular formula is C16H22N2O3S. The van der Waals surface area contributed by atoms with Gasteiger partial charge in [0.1, 0.15) is 0 Å². The highest BCUT2D eigenvalue weighted by molar-refractivity contribution is 7.90. The number of hydrogen-bond acceptors (Lipinski definition) is 4. The summed E-state index contributed by atoms with van der Waals surface area (Å²) < 4.78 is 22.9. The Hall–Kier alpha value is -1.40. The van der Waals surface area contributed by atoms with Gasteiger partial charge in [0.2, 0.25) is 0 Å². The van der Waals surface area contributed by atoms with Crippen LogP contribution in [0.1, 0.15) is 36.0 Å². The van der Waals surface area contributed by atoms with Crippen molar-refractivity contribution >= 4 is 15.7 Å². The van der Waals surface area contributed by atoms with Gasteiger partial charge in [-0.25, -0.2) is 8.42 Å². The lowest BCUT2D eigenvalue weighted by molar-refractivity contribution is 0.0915. The second-order valence-corrected chi connectivity index (χ2v) is 8.28. The quantitative estimate of drug-likeness (QED) is 0.914. The molecule has 1 aromatic carbocycles. The molecule has 0 radical (unpaired) electrons. The first-order chi connectivity index (χ1) is 10.4. The molecule has 2 unspecified atom stereocenters. The molecule has 3 rings (SSSR count). The molecule has 120 valence electrons. The second-order valence-electron chi connectivity index (χ2n) is 6.26. The number of benzene rings is 1. The number of nitrogens with zero attached hydrogens (tertiary/aromatic N) is 1. The van der Waals surface area contributed by atoms with E-state index in [0.29, 0.717) is 11.6 Å². The predicted molar refractivity (Wildman–Crippen MR) is 84.6 cm³/mol. The van der Waals surface area contributed by atoms with Crippen LogP contribution >= 0.6 is 0 Å². The molecule has 2 fully saturated rings. The number of nitrogens with one attached hydrogen (secondary N) is 1. The van der Waals surface area contributed by atoms with E-state index in [1.54, 1.807) is 12.1 Å². The van der Waals surface area contributed by atoms with Gasteiger partial charge in [-0.15, -0.1) is 0 Å². The van der Waals surface area contributed by atoms with Crippen LogP contribution in [0.3, 0.4) is 0 Å². The van der Waals surface area contributed by atoms with Gasteiger partial charge in [0.15, 0.2) is 9.84 Å². The van der Waals surface area contributed by atoms with Crippen molar-refractivity contribution in [2.24, 2.45) is 0 Å². The Kier molecular flexibility index (Phi) is 4.23. The van der Waals surface area contributed by atoms with Crippen LogP contribution in [-0.4, -0.2) is 50.7 Å². The number of rotatable bonds is 3. The molecule has 5 nitrogen and oxygen atoms in total. The first-order valence-electron chi connectivity index (χ1n) is 7.80. The third kappa shape index (κ3) is 3.17. The Morgan fingerprint density at radius 1 is 1.14 bits per heavy atom. The first kappa shape index (κ1) is 15.5. The largest absolute Gasteiger partial charge is 0.348 e. The van der Waals surface area contributed by atoms with Crippen molar-refractivity contribution in [2.45, 2.75) is 42.7 Å². The zero-order chi connectivity index (χ0) is 15.7. The van der Waals surface area contributed by atoms with E-state index >= 15 is 0 Å². The number of hydrogen-bond donors (Lipinski definition) is 1. The molecule has 1 amide bonds. The molecule has 2 aliphatic heterocycles. The van der Waals surface area contributed by atoms with Gasteiger partial charge in [-0.3, -0.25) is 9.69 Å². The van der Waals surface area contributed by atoms with Gasteiger partial charge >= 0.3 is 0 Å². The third-order valence-electron chi connectivity index (χ3n) is 4.72. The number of carbonyl (C=O) groups is 1. The Balaban J connectivity index is 1.67. The van der Waals surface area contributed by atoms with Gasteiger partial charge < -0.3 is 5.32 Å². The Morgan fingerprint density at radius 2 is 1.86 bits per heavy atom. The summed E-state index contributed by atoms with van der Waals surface area (Å²) in [5.41, 5.74) is 0.515. The summed E-state index contributed by atoms with van der Waals surface area (Å²) >= 11 is 0. The highest BCUT2D eigenvalue weighted by Gasteiger charge is 2.36. The van der Waals surface area contributed by atoms with Crippen molar-refractivity contribution in [3.8, 4) is 0 Å². The molecule has 2 saturated heterocycles. The Bertz CT molecular complexity index is 654. The van der Waals surface area contributed by atoms with E-state index in [1.165, 1.54) is 25.0 Å². The van der Waals surface area contributed by atoms with Crippen molar-refractivity contribution in [2.75, 3.05) is 19.3 Å². The summed E-state index contributed by atoms with van der Waals surface area (Å²) in [4.78, 5) is 15.1. The Morgan fingerprint density at radius 3 is 2.55 bits per heavy atom. The van der Waals surface area contributed by atoms with Crippen molar-refractivity contribution in [1.82, 2.24) is 10.2 Å². The fraction of sp³-hybridized carbons (Fsp3) is 0.562. The standard InChI is InChI=1S/C16H22N2O3S/c1-22(20,21)13-7-5-12(6-8-13)16(19)17-14-9-11-18-10-3-2-4-15(14)18/h5-8,14-15H,2-4,9-11H2,1H3,(H,17,19). The van der Waals surface area contributed by atoms with Crippen LogP contribution in [0.15, 0.2) is 29.2 Å². The smallest absolute Gasteiger partial charge is 0.251 e. The van der Waals surface area contributed by atoms with Crippen LogP contribution in [0.2, 0.25) is 0 Å². The Labute approximate surface area is 131 Å². The van der Waals surface area contributed by atoms with Crippen LogP contribution in [0, 0.1) is 0 Å². The average Bonchev–Trinajstić information content (AvgIpc) is 2.90. The van der Waals surface area contributed by atoms with Crippen LogP contribution < -0.4 is 5.32 Å². The van der Waals surface area contributed by atoms with Crippen molar-refractivity contribution < 1.29 is 13.2 Å². The van der Waals surface area contributed by atoms with E-state index in [9.17, 15) is 13.2 Å². The van der Waals surface area contributed by atoms with E-state index in [1.807, 2.05) is 0 Å². The lowest BCUT2D eigenvalue weighted by atomic mass is 9.99. The van der Waals surface area contributed by atoms with Crippen molar-refractivity contribution in [3.63, 3.8) is 0 Å². The maximum absolute atomic E-state index is 12.4. The van der Waals surface area contributed by atoms with Gasteiger partial charge in [-0.1, -0.05) is 6.42 Å². The van der Waals surface area contributed by atoms with Crippen LogP contribution in [0.5, 0.6) is 0 Å². The van der Waals surface area contributed by atoms with Crippen molar-refractivity contribution in [3.05, 3.63) is 29.8 Å². The SMILES string of the molecule is CS(=O)(=O)c1ccc(C(=O)NC2CCN3CCCCC23)cc1. The molecule has 0 bridgehead atoms. The molecule has 0 saturated carbocycles. The summed E-state index contributed by atoms with van der Waals surface area (Å²) in [6.07, 6.45) is 5.80. The lowest BCUT2D eigenvalue weighted by Gasteiger charge is -2.32. The second kappa shape index (κ2) is 6.01. The molecule has 2 heterocycles. The van der Waals surface area contributed by atoms with Crippen LogP contribution in [-0.2, 0) is 9.84 Å². The summed E-state index contributed by atoms with van der Waals surface area (Å²) in [6.45, 7) is 2.20. The molecule has 0 spiro atoms. The minimum absolute atomic E-state index is 0.113. The lowest BCUT2D eigenvalue weighted by Crippen LogP contribution is -2.46. The summed E-state index contributed by atoms with van der Waals surface area (Å²) in [5, 5.41) is 3.12. The van der Waals surface area contributed by atoms with E-state index in [0.717, 1.165) is 32.2 Å². The van der Waals surface area contributed by atoms with Gasteiger partial charge in [-0.05, 0) is 50.1 Å². The fourth-order valence-corrected chi connectivity index (χ4v) is 4.15. The minimum Gasteiger partial charge on any atom is -0.348 e. The summed E-state index contributed by atoms with van der Waals surface area (Å²) in [7, 11) is -3.22. The van der Waals surface area contributed by atoms with E-state index in [2.05, 4.69) is 10.2 Å². The summed E-state index contributed by atoms with van der Waals surface area (Å²) in [5.74, 6) is -0.113. The molecule has 0 aromatic heterocycles. The first-order valence-corrected chi connectivity index (χ1v) is 9.69.